The summed E-state index contributed by atoms with van der Waals surface area (Å²) < 4.78 is 11.2. The number of nitrogens with one attached hydrogen (secondary N) is 2. The zero-order valence-electron chi connectivity index (χ0n) is 24.0. The minimum atomic E-state index is -0.746. The van der Waals surface area contributed by atoms with Crippen molar-refractivity contribution in [2.75, 3.05) is 6.79 Å². The number of rotatable bonds is 7. The molecular weight excluding hydrogens is 528 g/mol. The van der Waals surface area contributed by atoms with E-state index in [4.69, 9.17) is 19.4 Å². The van der Waals surface area contributed by atoms with Gasteiger partial charge in [0.2, 0.25) is 12.7 Å². The number of H-pyrrole nitrogens is 1. The number of carbonyl (C=O) groups is 1. The molecule has 2 aromatic carbocycles. The highest BCUT2D eigenvalue weighted by molar-refractivity contribution is 5.83. The van der Waals surface area contributed by atoms with Crippen LogP contribution in [0.2, 0.25) is 0 Å². The molecule has 4 aromatic rings. The maximum Gasteiger partial charge on any atom is 0.231 e. The van der Waals surface area contributed by atoms with Crippen LogP contribution in [0.25, 0.3) is 22.6 Å². The highest BCUT2D eigenvalue weighted by Crippen LogP contribution is 2.58. The number of benzene rings is 2. The molecule has 0 saturated heterocycles. The molecule has 42 heavy (non-hydrogen) atoms. The average Bonchev–Trinajstić information content (AvgIpc) is 3.70. The smallest absolute Gasteiger partial charge is 0.231 e. The Morgan fingerprint density at radius 2 is 1.67 bits per heavy atom. The van der Waals surface area contributed by atoms with Gasteiger partial charge in [-0.2, -0.15) is 0 Å². The van der Waals surface area contributed by atoms with Gasteiger partial charge >= 0.3 is 0 Å². The van der Waals surface area contributed by atoms with Crippen LogP contribution in [-0.2, 0) is 10.2 Å². The standard InChI is InChI=1S/C34H36N4O4/c1-21-7-6-10-25(35-21)29-28(24-11-12-26-27(19-24)42-20-41-26)37-31(38-29)33-13-16-34(17-14-33,18-15-33)32(40)36-22(2)30(39)23-8-4-3-5-9-23/h3-12,19,22,30,39H,13-18,20H2,1-2H3,(H,36,40)(H,37,38). The van der Waals surface area contributed by atoms with Gasteiger partial charge in [-0.15, -0.1) is 0 Å². The van der Waals surface area contributed by atoms with Gasteiger partial charge in [0, 0.05) is 22.1 Å². The first-order valence-corrected chi connectivity index (χ1v) is 14.8. The first kappa shape index (κ1) is 26.7. The molecule has 8 nitrogen and oxygen atoms in total. The number of aliphatic hydroxyl groups excluding tert-OH is 1. The van der Waals surface area contributed by atoms with Gasteiger partial charge in [-0.3, -0.25) is 9.78 Å². The summed E-state index contributed by atoms with van der Waals surface area (Å²) >= 11 is 0. The van der Waals surface area contributed by atoms with E-state index >= 15 is 0 Å². The summed E-state index contributed by atoms with van der Waals surface area (Å²) in [5.74, 6) is 2.48. The largest absolute Gasteiger partial charge is 0.454 e. The fraction of sp³-hybridized carbons (Fsp3) is 0.382. The van der Waals surface area contributed by atoms with Crippen LogP contribution in [0.15, 0.2) is 66.7 Å². The molecule has 2 unspecified atom stereocenters. The maximum absolute atomic E-state index is 13.6. The summed E-state index contributed by atoms with van der Waals surface area (Å²) in [5.41, 5.74) is 4.77. The number of hydrogen-bond donors (Lipinski definition) is 3. The van der Waals surface area contributed by atoms with E-state index in [1.54, 1.807) is 0 Å². The highest BCUT2D eigenvalue weighted by atomic mass is 16.7. The van der Waals surface area contributed by atoms with Gasteiger partial charge < -0.3 is 24.9 Å². The van der Waals surface area contributed by atoms with Gasteiger partial charge in [0.25, 0.3) is 0 Å². The summed E-state index contributed by atoms with van der Waals surface area (Å²) in [6.45, 7) is 4.09. The minimum Gasteiger partial charge on any atom is -0.454 e. The predicted octanol–water partition coefficient (Wildman–Crippen LogP) is 6.01. The molecule has 0 spiro atoms. The quantitative estimate of drug-likeness (QED) is 0.254. The fourth-order valence-corrected chi connectivity index (χ4v) is 7.00. The first-order chi connectivity index (χ1) is 20.4. The van der Waals surface area contributed by atoms with Gasteiger partial charge in [-0.1, -0.05) is 36.4 Å². The molecule has 3 fully saturated rings. The van der Waals surface area contributed by atoms with E-state index in [-0.39, 0.29) is 24.2 Å². The number of aromatic nitrogens is 3. The summed E-state index contributed by atoms with van der Waals surface area (Å²) in [6.07, 6.45) is 4.28. The number of hydrogen-bond acceptors (Lipinski definition) is 6. The van der Waals surface area contributed by atoms with Crippen molar-refractivity contribution in [2.24, 2.45) is 5.41 Å². The van der Waals surface area contributed by atoms with E-state index in [0.717, 1.165) is 89.8 Å². The molecule has 216 valence electrons. The Hall–Kier alpha value is -4.17. The van der Waals surface area contributed by atoms with Crippen molar-refractivity contribution in [2.45, 2.75) is 69.9 Å². The van der Waals surface area contributed by atoms with Gasteiger partial charge in [0.1, 0.15) is 5.82 Å². The van der Waals surface area contributed by atoms with E-state index in [0.29, 0.717) is 0 Å². The molecule has 3 heterocycles. The zero-order valence-corrected chi connectivity index (χ0v) is 24.0. The van der Waals surface area contributed by atoms with Gasteiger partial charge in [-0.05, 0) is 88.3 Å². The lowest BCUT2D eigenvalue weighted by molar-refractivity contribution is -0.139. The average molecular weight is 565 g/mol. The molecule has 4 aliphatic rings. The zero-order chi connectivity index (χ0) is 28.9. The Morgan fingerprint density at radius 1 is 0.929 bits per heavy atom. The van der Waals surface area contributed by atoms with Gasteiger partial charge in [0.15, 0.2) is 11.5 Å². The monoisotopic (exact) mass is 564 g/mol. The summed E-state index contributed by atoms with van der Waals surface area (Å²) in [7, 11) is 0. The molecule has 1 amide bonds. The van der Waals surface area contributed by atoms with Crippen LogP contribution in [-0.4, -0.2) is 38.8 Å². The first-order valence-electron chi connectivity index (χ1n) is 14.8. The number of aromatic amines is 1. The van der Waals surface area contributed by atoms with Gasteiger partial charge in [0.05, 0.1) is 29.2 Å². The Morgan fingerprint density at radius 3 is 2.40 bits per heavy atom. The number of ether oxygens (including phenoxy) is 2. The molecule has 0 radical (unpaired) electrons. The number of pyridine rings is 1. The van der Waals surface area contributed by atoms with Crippen molar-refractivity contribution in [3.8, 4) is 34.1 Å². The topological polar surface area (TPSA) is 109 Å². The molecular formula is C34H36N4O4. The summed E-state index contributed by atoms with van der Waals surface area (Å²) in [5, 5.41) is 14.0. The van der Waals surface area contributed by atoms with Crippen molar-refractivity contribution < 1.29 is 19.4 Å². The number of carbonyl (C=O) groups excluding carboxylic acids is 1. The van der Waals surface area contributed by atoms with Crippen molar-refractivity contribution in [1.29, 1.82) is 0 Å². The Bertz CT molecular complexity index is 1610. The summed E-state index contributed by atoms with van der Waals surface area (Å²) in [4.78, 5) is 27.4. The lowest BCUT2D eigenvalue weighted by Crippen LogP contribution is -2.54. The van der Waals surface area contributed by atoms with Crippen LogP contribution in [0, 0.1) is 12.3 Å². The van der Waals surface area contributed by atoms with Crippen LogP contribution in [0.3, 0.4) is 0 Å². The molecule has 2 aromatic heterocycles. The van der Waals surface area contributed by atoms with E-state index in [2.05, 4.69) is 10.3 Å². The van der Waals surface area contributed by atoms with Crippen LogP contribution in [0.4, 0.5) is 0 Å². The predicted molar refractivity (Wildman–Crippen MR) is 159 cm³/mol. The van der Waals surface area contributed by atoms with E-state index in [1.165, 1.54) is 0 Å². The number of aryl methyl sites for hydroxylation is 1. The Kier molecular flexibility index (Phi) is 6.54. The van der Waals surface area contributed by atoms with E-state index in [9.17, 15) is 9.90 Å². The minimum absolute atomic E-state index is 0.0587. The normalized spacial score (nSPS) is 23.9. The summed E-state index contributed by atoms with van der Waals surface area (Å²) in [6, 6.07) is 21.1. The van der Waals surface area contributed by atoms with E-state index < -0.39 is 11.5 Å². The second-order valence-corrected chi connectivity index (χ2v) is 12.2. The third kappa shape index (κ3) is 4.54. The van der Waals surface area contributed by atoms with Crippen LogP contribution < -0.4 is 14.8 Å². The second-order valence-electron chi connectivity index (χ2n) is 12.2. The molecule has 3 N–H and O–H groups in total. The lowest BCUT2D eigenvalue weighted by atomic mass is 9.53. The highest BCUT2D eigenvalue weighted by Gasteiger charge is 2.54. The van der Waals surface area contributed by atoms with Crippen molar-refractivity contribution in [3.05, 3.63) is 83.8 Å². The molecule has 8 rings (SSSR count). The number of amides is 1. The van der Waals surface area contributed by atoms with Crippen LogP contribution in [0.1, 0.15) is 68.6 Å². The molecule has 3 saturated carbocycles. The van der Waals surface area contributed by atoms with Crippen molar-refractivity contribution >= 4 is 5.91 Å². The second kappa shape index (κ2) is 10.3. The fourth-order valence-electron chi connectivity index (χ4n) is 7.00. The molecule has 2 atom stereocenters. The Labute approximate surface area is 245 Å². The molecule has 2 bridgehead atoms. The molecule has 3 aliphatic carbocycles. The number of imidazole rings is 1. The Balaban J connectivity index is 1.15. The van der Waals surface area contributed by atoms with Crippen molar-refractivity contribution in [1.82, 2.24) is 20.3 Å². The maximum atomic E-state index is 13.6. The van der Waals surface area contributed by atoms with Crippen molar-refractivity contribution in [3.63, 3.8) is 0 Å². The number of fused-ring (bicyclic) bond motifs is 4. The van der Waals surface area contributed by atoms with Crippen LogP contribution >= 0.6 is 0 Å². The van der Waals surface area contributed by atoms with E-state index in [1.807, 2.05) is 80.6 Å². The number of nitrogens with zero attached hydrogens (tertiary/aromatic N) is 2. The number of aliphatic hydroxyl groups is 1. The lowest BCUT2D eigenvalue weighted by Gasteiger charge is -2.51. The van der Waals surface area contributed by atoms with Gasteiger partial charge in [-0.25, -0.2) is 4.98 Å². The third-order valence-electron chi connectivity index (χ3n) is 9.70. The van der Waals surface area contributed by atoms with Crippen LogP contribution in [0.5, 0.6) is 11.5 Å². The molecule has 8 heteroatoms. The third-order valence-corrected chi connectivity index (χ3v) is 9.70. The molecule has 1 aliphatic heterocycles. The SMILES string of the molecule is Cc1cccc(-c2[nH]c(C34CCC(C(=O)NC(C)C(O)c5ccccc5)(CC3)CC4)nc2-c2ccc3c(c2)OCO3)n1.